The first kappa shape index (κ1) is 18.7. The molecule has 0 atom stereocenters. The molecule has 0 aromatic heterocycles. The summed E-state index contributed by atoms with van der Waals surface area (Å²) in [6.45, 7) is 7.77. The van der Waals surface area contributed by atoms with Crippen molar-refractivity contribution in [2.75, 3.05) is 0 Å². The molecular formula is C24H21FO2. The van der Waals surface area contributed by atoms with Crippen LogP contribution in [0.5, 0.6) is 0 Å². The molecule has 0 unspecified atom stereocenters. The van der Waals surface area contributed by atoms with Crippen LogP contribution in [0.1, 0.15) is 54.1 Å². The molecule has 0 heterocycles. The lowest BCUT2D eigenvalue weighted by molar-refractivity contribution is 0.103. The van der Waals surface area contributed by atoms with Crippen LogP contribution in [0.4, 0.5) is 4.39 Å². The van der Waals surface area contributed by atoms with Crippen molar-refractivity contribution in [3.63, 3.8) is 0 Å². The third kappa shape index (κ3) is 3.87. The average molecular weight is 360 g/mol. The molecular weight excluding hydrogens is 339 g/mol. The molecule has 27 heavy (non-hydrogen) atoms. The van der Waals surface area contributed by atoms with Gasteiger partial charge in [0, 0.05) is 22.3 Å². The Morgan fingerprint density at radius 3 is 1.33 bits per heavy atom. The van der Waals surface area contributed by atoms with Crippen molar-refractivity contribution in [2.45, 2.75) is 27.7 Å². The summed E-state index contributed by atoms with van der Waals surface area (Å²) in [5.41, 5.74) is 5.44. The Balaban J connectivity index is 2.00. The lowest BCUT2D eigenvalue weighted by atomic mass is 9.95. The largest absolute Gasteiger partial charge is 0.289 e. The van der Waals surface area contributed by atoms with Crippen LogP contribution in [0.2, 0.25) is 0 Å². The summed E-state index contributed by atoms with van der Waals surface area (Å²) in [4.78, 5) is 25.6. The number of rotatable bonds is 4. The Kier molecular flexibility index (Phi) is 5.04. The highest BCUT2D eigenvalue weighted by molar-refractivity contribution is 6.13. The number of ketones is 2. The van der Waals surface area contributed by atoms with E-state index >= 15 is 0 Å². The standard InChI is InChI=1S/C24H21FO2/c1-14-5-7-18(9-16(14)3)23(26)20-11-21(13-22(25)12-20)24(27)19-8-6-15(2)17(4)10-19/h5-13H,1-4H3. The fraction of sp³-hybridized carbons (Fsp3) is 0.167. The molecule has 3 aromatic carbocycles. The number of carbonyl (C=O) groups excluding carboxylic acids is 2. The van der Waals surface area contributed by atoms with Gasteiger partial charge in [-0.05, 0) is 80.3 Å². The molecule has 3 heteroatoms. The molecule has 0 saturated carbocycles. The van der Waals surface area contributed by atoms with Crippen LogP contribution in [0.15, 0.2) is 54.6 Å². The summed E-state index contributed by atoms with van der Waals surface area (Å²) < 4.78 is 14.2. The minimum Gasteiger partial charge on any atom is -0.289 e. The fourth-order valence-electron chi connectivity index (χ4n) is 2.95. The second kappa shape index (κ2) is 7.28. The van der Waals surface area contributed by atoms with Gasteiger partial charge < -0.3 is 0 Å². The van der Waals surface area contributed by atoms with Gasteiger partial charge in [0.15, 0.2) is 11.6 Å². The van der Waals surface area contributed by atoms with Gasteiger partial charge in [-0.2, -0.15) is 0 Å². The first-order valence-corrected chi connectivity index (χ1v) is 8.81. The van der Waals surface area contributed by atoms with Crippen LogP contribution in [-0.4, -0.2) is 11.6 Å². The third-order valence-corrected chi connectivity index (χ3v) is 4.96. The van der Waals surface area contributed by atoms with E-state index in [1.807, 2.05) is 39.8 Å². The van der Waals surface area contributed by atoms with Crippen LogP contribution in [0.25, 0.3) is 0 Å². The molecule has 136 valence electrons. The van der Waals surface area contributed by atoms with E-state index in [1.165, 1.54) is 18.2 Å². The van der Waals surface area contributed by atoms with E-state index in [-0.39, 0.29) is 22.7 Å². The highest BCUT2D eigenvalue weighted by atomic mass is 19.1. The molecule has 0 amide bonds. The van der Waals surface area contributed by atoms with Gasteiger partial charge in [0.2, 0.25) is 0 Å². The quantitative estimate of drug-likeness (QED) is 0.574. The molecule has 3 aromatic rings. The van der Waals surface area contributed by atoms with Crippen molar-refractivity contribution in [3.05, 3.63) is 105 Å². The van der Waals surface area contributed by atoms with Gasteiger partial charge in [-0.1, -0.05) is 24.3 Å². The van der Waals surface area contributed by atoms with E-state index in [9.17, 15) is 14.0 Å². The van der Waals surface area contributed by atoms with E-state index in [0.717, 1.165) is 22.3 Å². The predicted octanol–water partition coefficient (Wildman–Crippen LogP) is 5.52. The maximum Gasteiger partial charge on any atom is 0.193 e. The molecule has 3 rings (SSSR count). The zero-order chi connectivity index (χ0) is 19.7. The maximum absolute atomic E-state index is 14.2. The second-order valence-corrected chi connectivity index (χ2v) is 6.98. The zero-order valence-electron chi connectivity index (χ0n) is 15.9. The molecule has 0 aliphatic rings. The van der Waals surface area contributed by atoms with Crippen molar-refractivity contribution in [3.8, 4) is 0 Å². The molecule has 2 nitrogen and oxygen atoms in total. The van der Waals surface area contributed by atoms with Gasteiger partial charge >= 0.3 is 0 Å². The molecule has 0 bridgehead atoms. The Morgan fingerprint density at radius 1 is 0.556 bits per heavy atom. The summed E-state index contributed by atoms with van der Waals surface area (Å²) in [5, 5.41) is 0. The lowest BCUT2D eigenvalue weighted by Gasteiger charge is -2.08. The van der Waals surface area contributed by atoms with Crippen molar-refractivity contribution < 1.29 is 14.0 Å². The van der Waals surface area contributed by atoms with E-state index in [4.69, 9.17) is 0 Å². The Morgan fingerprint density at radius 2 is 0.963 bits per heavy atom. The number of benzene rings is 3. The number of hydrogen-bond acceptors (Lipinski definition) is 2. The maximum atomic E-state index is 14.2. The second-order valence-electron chi connectivity index (χ2n) is 6.98. The summed E-state index contributed by atoms with van der Waals surface area (Å²) in [6.07, 6.45) is 0. The number of halogens is 1. The first-order chi connectivity index (χ1) is 12.8. The van der Waals surface area contributed by atoms with Crippen molar-refractivity contribution >= 4 is 11.6 Å². The minimum absolute atomic E-state index is 0.172. The summed E-state index contributed by atoms with van der Waals surface area (Å²) in [6, 6.07) is 14.6. The van der Waals surface area contributed by atoms with E-state index in [0.29, 0.717) is 11.1 Å². The normalized spacial score (nSPS) is 10.7. The first-order valence-electron chi connectivity index (χ1n) is 8.81. The Bertz CT molecular complexity index is 982. The van der Waals surface area contributed by atoms with Crippen LogP contribution in [0, 0.1) is 33.5 Å². The summed E-state index contributed by atoms with van der Waals surface area (Å²) in [7, 11) is 0. The molecule has 0 N–H and O–H groups in total. The Hall–Kier alpha value is -3.07. The topological polar surface area (TPSA) is 34.1 Å². The molecule has 0 fully saturated rings. The Labute approximate surface area is 158 Å². The molecule has 0 radical (unpaired) electrons. The number of carbonyl (C=O) groups is 2. The van der Waals surface area contributed by atoms with E-state index in [1.54, 1.807) is 24.3 Å². The number of hydrogen-bond donors (Lipinski definition) is 0. The van der Waals surface area contributed by atoms with Crippen LogP contribution >= 0.6 is 0 Å². The zero-order valence-corrected chi connectivity index (χ0v) is 15.9. The van der Waals surface area contributed by atoms with Crippen LogP contribution in [0.3, 0.4) is 0 Å². The monoisotopic (exact) mass is 360 g/mol. The fourth-order valence-corrected chi connectivity index (χ4v) is 2.95. The van der Waals surface area contributed by atoms with Gasteiger partial charge in [-0.15, -0.1) is 0 Å². The lowest BCUT2D eigenvalue weighted by Crippen LogP contribution is -2.08. The molecule has 0 aliphatic carbocycles. The van der Waals surface area contributed by atoms with Gasteiger partial charge in [0.05, 0.1) is 0 Å². The highest BCUT2D eigenvalue weighted by Gasteiger charge is 2.17. The van der Waals surface area contributed by atoms with Gasteiger partial charge in [0.1, 0.15) is 5.82 Å². The van der Waals surface area contributed by atoms with Crippen molar-refractivity contribution in [1.29, 1.82) is 0 Å². The molecule has 0 aliphatic heterocycles. The summed E-state index contributed by atoms with van der Waals surface area (Å²) >= 11 is 0. The SMILES string of the molecule is Cc1ccc(C(=O)c2cc(F)cc(C(=O)c3ccc(C)c(C)c3)c2)cc1C. The average Bonchev–Trinajstić information content (AvgIpc) is 2.64. The third-order valence-electron chi connectivity index (χ3n) is 4.96. The molecule has 0 saturated heterocycles. The van der Waals surface area contributed by atoms with E-state index in [2.05, 4.69) is 0 Å². The number of aryl methyl sites for hydroxylation is 4. The minimum atomic E-state index is -0.600. The van der Waals surface area contributed by atoms with Crippen LogP contribution < -0.4 is 0 Å². The van der Waals surface area contributed by atoms with Gasteiger partial charge in [-0.3, -0.25) is 9.59 Å². The smallest absolute Gasteiger partial charge is 0.193 e. The van der Waals surface area contributed by atoms with Gasteiger partial charge in [0.25, 0.3) is 0 Å². The van der Waals surface area contributed by atoms with Crippen LogP contribution in [-0.2, 0) is 0 Å². The van der Waals surface area contributed by atoms with Gasteiger partial charge in [-0.25, -0.2) is 4.39 Å². The highest BCUT2D eigenvalue weighted by Crippen LogP contribution is 2.20. The van der Waals surface area contributed by atoms with Crippen molar-refractivity contribution in [2.24, 2.45) is 0 Å². The summed E-state index contributed by atoms with van der Waals surface area (Å²) in [5.74, 6) is -1.20. The van der Waals surface area contributed by atoms with E-state index < -0.39 is 5.82 Å². The predicted molar refractivity (Wildman–Crippen MR) is 105 cm³/mol. The van der Waals surface area contributed by atoms with Crippen molar-refractivity contribution in [1.82, 2.24) is 0 Å². The molecule has 0 spiro atoms.